The fraction of sp³-hybridized carbons (Fsp3) is 0.467. The van der Waals surface area contributed by atoms with Crippen LogP contribution in [0.4, 0.5) is 9.59 Å². The third-order valence-corrected chi connectivity index (χ3v) is 5.79. The first kappa shape index (κ1) is 29.7. The van der Waals surface area contributed by atoms with Crippen LogP contribution in [0, 0.1) is 11.8 Å². The van der Waals surface area contributed by atoms with E-state index in [9.17, 15) is 14.7 Å². The Labute approximate surface area is 221 Å². The van der Waals surface area contributed by atoms with E-state index in [-0.39, 0.29) is 24.3 Å². The van der Waals surface area contributed by atoms with E-state index >= 15 is 0 Å². The number of aliphatic hydroxyl groups is 1. The number of rotatable bonds is 5. The topological polar surface area (TPSA) is 82.1 Å². The van der Waals surface area contributed by atoms with Crippen LogP contribution in [0.5, 0.6) is 0 Å². The number of nitrogens with zero attached hydrogens (tertiary/aromatic N) is 2. The van der Waals surface area contributed by atoms with E-state index < -0.39 is 11.1 Å². The molecule has 0 spiro atoms. The van der Waals surface area contributed by atoms with Crippen LogP contribution in [0.2, 0.25) is 0 Å². The van der Waals surface area contributed by atoms with E-state index in [4.69, 9.17) is 4.74 Å². The van der Waals surface area contributed by atoms with Crippen LogP contribution in [-0.2, 0) is 4.74 Å². The molecule has 0 bridgehead atoms. The summed E-state index contributed by atoms with van der Waals surface area (Å²) in [7, 11) is 3.37. The van der Waals surface area contributed by atoms with E-state index in [2.05, 4.69) is 17.2 Å². The lowest BCUT2D eigenvalue weighted by molar-refractivity contribution is -0.0309. The highest BCUT2D eigenvalue weighted by molar-refractivity contribution is 5.75. The summed E-state index contributed by atoms with van der Waals surface area (Å²) in [5, 5.41) is 12.8. The molecule has 7 nitrogen and oxygen atoms in total. The Morgan fingerprint density at radius 1 is 1.11 bits per heavy atom. The molecule has 2 aromatic carbocycles. The zero-order valence-electron chi connectivity index (χ0n) is 23.1. The van der Waals surface area contributed by atoms with Crippen LogP contribution in [0.1, 0.15) is 64.6 Å². The number of hydrogen-bond donors (Lipinski definition) is 2. The highest BCUT2D eigenvalue weighted by Gasteiger charge is 2.33. The summed E-state index contributed by atoms with van der Waals surface area (Å²) in [4.78, 5) is 27.5. The highest BCUT2D eigenvalue weighted by Crippen LogP contribution is 2.28. The number of cyclic esters (lactones) is 1. The lowest BCUT2D eigenvalue weighted by atomic mass is 9.97. The number of amides is 3. The Hall–Kier alpha value is -3.50. The molecule has 1 saturated heterocycles. The van der Waals surface area contributed by atoms with Crippen LogP contribution in [-0.4, -0.2) is 64.9 Å². The van der Waals surface area contributed by atoms with Crippen molar-refractivity contribution in [3.8, 4) is 11.8 Å². The van der Waals surface area contributed by atoms with Crippen molar-refractivity contribution in [2.45, 2.75) is 70.7 Å². The highest BCUT2D eigenvalue weighted by atomic mass is 16.6. The molecule has 0 saturated carbocycles. The van der Waals surface area contributed by atoms with Crippen molar-refractivity contribution in [2.75, 3.05) is 20.6 Å². The number of benzene rings is 2. The molecule has 1 fully saturated rings. The van der Waals surface area contributed by atoms with E-state index in [1.54, 1.807) is 32.8 Å². The van der Waals surface area contributed by atoms with Crippen molar-refractivity contribution in [1.82, 2.24) is 15.1 Å². The predicted molar refractivity (Wildman–Crippen MR) is 147 cm³/mol. The minimum atomic E-state index is -0.862. The van der Waals surface area contributed by atoms with Gasteiger partial charge in [0.25, 0.3) is 0 Å². The molecule has 2 atom stereocenters. The van der Waals surface area contributed by atoms with Gasteiger partial charge in [-0.1, -0.05) is 60.4 Å². The Morgan fingerprint density at radius 2 is 1.65 bits per heavy atom. The maximum absolute atomic E-state index is 12.5. The molecule has 2 N–H and O–H groups in total. The smallest absolute Gasteiger partial charge is 0.410 e. The SMILES string of the molecule is CC(c1ccc(C#CC(C)(C)NC(=O)N(C)C)cc1)N1CCC(CC(C)(C)O)OC1=O.c1ccccc1. The van der Waals surface area contributed by atoms with E-state index in [0.717, 1.165) is 11.1 Å². The summed E-state index contributed by atoms with van der Waals surface area (Å²) >= 11 is 0. The summed E-state index contributed by atoms with van der Waals surface area (Å²) in [5.74, 6) is 6.19. The fourth-order valence-corrected chi connectivity index (χ4v) is 3.74. The number of urea groups is 1. The zero-order chi connectivity index (χ0) is 27.6. The zero-order valence-corrected chi connectivity index (χ0v) is 23.1. The molecular weight excluding hydrogens is 466 g/mol. The second kappa shape index (κ2) is 13.2. The Bertz CT molecular complexity index is 1040. The number of hydrogen-bond acceptors (Lipinski definition) is 4. The van der Waals surface area contributed by atoms with Crippen molar-refractivity contribution in [1.29, 1.82) is 0 Å². The number of carbonyl (C=O) groups is 2. The first-order valence-corrected chi connectivity index (χ1v) is 12.6. The Morgan fingerprint density at radius 3 is 2.11 bits per heavy atom. The first-order valence-electron chi connectivity index (χ1n) is 12.6. The van der Waals surface area contributed by atoms with Crippen LogP contribution >= 0.6 is 0 Å². The molecule has 1 aliphatic rings. The van der Waals surface area contributed by atoms with E-state index in [1.807, 2.05) is 81.4 Å². The normalized spacial score (nSPS) is 16.3. The van der Waals surface area contributed by atoms with Gasteiger partial charge in [-0.15, -0.1) is 0 Å². The van der Waals surface area contributed by atoms with Crippen molar-refractivity contribution in [3.05, 3.63) is 71.8 Å². The van der Waals surface area contributed by atoms with Gasteiger partial charge in [0.05, 0.1) is 17.2 Å². The maximum Gasteiger partial charge on any atom is 0.410 e. The molecule has 0 radical (unpaired) electrons. The molecule has 3 amide bonds. The molecular formula is C30H41N3O4. The first-order chi connectivity index (χ1) is 17.3. The van der Waals surface area contributed by atoms with Crippen molar-refractivity contribution < 1.29 is 19.4 Å². The van der Waals surface area contributed by atoms with Crippen LogP contribution in [0.3, 0.4) is 0 Å². The summed E-state index contributed by atoms with van der Waals surface area (Å²) < 4.78 is 5.53. The second-order valence-electron chi connectivity index (χ2n) is 10.7. The van der Waals surface area contributed by atoms with Crippen molar-refractivity contribution in [2.24, 2.45) is 0 Å². The number of nitrogens with one attached hydrogen (secondary N) is 1. The summed E-state index contributed by atoms with van der Waals surface area (Å²) in [6, 6.07) is 19.4. The van der Waals surface area contributed by atoms with Gasteiger partial charge in [0.15, 0.2) is 0 Å². The van der Waals surface area contributed by atoms with Gasteiger partial charge in [0.2, 0.25) is 0 Å². The summed E-state index contributed by atoms with van der Waals surface area (Å²) in [6.45, 7) is 9.70. The molecule has 0 aromatic heterocycles. The van der Waals surface area contributed by atoms with Gasteiger partial charge in [0.1, 0.15) is 6.10 Å². The minimum absolute atomic E-state index is 0.131. The quantitative estimate of drug-likeness (QED) is 0.545. The predicted octanol–water partition coefficient (Wildman–Crippen LogP) is 5.21. The molecule has 1 heterocycles. The monoisotopic (exact) mass is 507 g/mol. The second-order valence-corrected chi connectivity index (χ2v) is 10.7. The van der Waals surface area contributed by atoms with Gasteiger partial charge in [-0.3, -0.25) is 0 Å². The lowest BCUT2D eigenvalue weighted by Crippen LogP contribution is -2.47. The summed E-state index contributed by atoms with van der Waals surface area (Å²) in [5.41, 5.74) is 0.294. The van der Waals surface area contributed by atoms with Gasteiger partial charge in [-0.2, -0.15) is 0 Å². The Balaban J connectivity index is 0.000000700. The Kier molecular flexibility index (Phi) is 10.6. The van der Waals surface area contributed by atoms with Gasteiger partial charge in [-0.25, -0.2) is 9.59 Å². The molecule has 2 aromatic rings. The minimum Gasteiger partial charge on any atom is -0.446 e. The van der Waals surface area contributed by atoms with Gasteiger partial charge >= 0.3 is 12.1 Å². The molecule has 0 aliphatic carbocycles. The average Bonchev–Trinajstić information content (AvgIpc) is 2.83. The third kappa shape index (κ3) is 10.6. The molecule has 1 aliphatic heterocycles. The van der Waals surface area contributed by atoms with Crippen LogP contribution in [0.25, 0.3) is 0 Å². The van der Waals surface area contributed by atoms with Gasteiger partial charge < -0.3 is 25.0 Å². The largest absolute Gasteiger partial charge is 0.446 e. The van der Waals surface area contributed by atoms with Crippen LogP contribution < -0.4 is 5.32 Å². The fourth-order valence-electron chi connectivity index (χ4n) is 3.74. The maximum atomic E-state index is 12.5. The molecule has 7 heteroatoms. The van der Waals surface area contributed by atoms with Crippen molar-refractivity contribution >= 4 is 12.1 Å². The molecule has 200 valence electrons. The van der Waals surface area contributed by atoms with Gasteiger partial charge in [0, 0.05) is 39.0 Å². The molecule has 2 unspecified atom stereocenters. The van der Waals surface area contributed by atoms with E-state index in [0.29, 0.717) is 19.4 Å². The lowest BCUT2D eigenvalue weighted by Gasteiger charge is -2.37. The third-order valence-electron chi connectivity index (χ3n) is 5.79. The summed E-state index contributed by atoms with van der Waals surface area (Å²) in [6.07, 6.45) is 0.511. The standard InChI is InChI=1S/C24H35N3O4.C6H6/c1-17(27-15-13-20(31-22(27)29)16-24(4,5)30)19-10-8-18(9-11-19)12-14-23(2,3)25-21(28)26(6)7;1-2-4-6-5-3-1/h8-11,17,20,30H,13,15-16H2,1-7H3,(H,25,28);1-6H. The number of carbonyl (C=O) groups excluding carboxylic acids is 2. The average molecular weight is 508 g/mol. The number of ether oxygens (including phenoxy) is 1. The van der Waals surface area contributed by atoms with E-state index in [1.165, 1.54) is 4.90 Å². The van der Waals surface area contributed by atoms with Gasteiger partial charge in [-0.05, 0) is 52.3 Å². The molecule has 37 heavy (non-hydrogen) atoms. The van der Waals surface area contributed by atoms with Crippen LogP contribution in [0.15, 0.2) is 60.7 Å². The molecule has 3 rings (SSSR count). The van der Waals surface area contributed by atoms with Crippen molar-refractivity contribution in [3.63, 3.8) is 0 Å².